The molecule has 0 aliphatic carbocycles. The quantitative estimate of drug-likeness (QED) is 0.841. The van der Waals surface area contributed by atoms with E-state index in [9.17, 15) is 9.59 Å². The molecule has 0 bridgehead atoms. The number of quaternary nitrogens is 1. The molecule has 2 aliphatic heterocycles. The maximum Gasteiger partial charge on any atom is 0.226 e. The largest absolute Gasteiger partial charge is 0.343 e. The van der Waals surface area contributed by atoms with Crippen LogP contribution in [0.3, 0.4) is 0 Å². The number of nitrogens with one attached hydrogen (secondary N) is 1. The van der Waals surface area contributed by atoms with Gasteiger partial charge in [0.05, 0.1) is 26.2 Å². The van der Waals surface area contributed by atoms with Gasteiger partial charge in [-0.15, -0.1) is 0 Å². The summed E-state index contributed by atoms with van der Waals surface area (Å²) >= 11 is 0. The minimum atomic E-state index is 0.0705. The molecule has 4 rings (SSSR count). The van der Waals surface area contributed by atoms with Crippen molar-refractivity contribution in [2.24, 2.45) is 5.92 Å². The molecule has 5 heteroatoms. The van der Waals surface area contributed by atoms with E-state index in [1.54, 1.807) is 6.92 Å². The van der Waals surface area contributed by atoms with Crippen molar-refractivity contribution >= 4 is 11.8 Å². The number of carbonyl (C=O) groups excluding carboxylic acids is 2. The predicted molar refractivity (Wildman–Crippen MR) is 117 cm³/mol. The number of nitrogens with zero attached hydrogens (tertiary/aromatic N) is 2. The normalized spacial score (nSPS) is 18.6. The van der Waals surface area contributed by atoms with E-state index in [-0.39, 0.29) is 17.7 Å². The van der Waals surface area contributed by atoms with Crippen LogP contribution in [0.1, 0.15) is 36.9 Å². The summed E-state index contributed by atoms with van der Waals surface area (Å²) in [6, 6.07) is 21.7. The summed E-state index contributed by atoms with van der Waals surface area (Å²) in [5, 5.41) is 0. The van der Waals surface area contributed by atoms with E-state index in [0.29, 0.717) is 19.1 Å². The van der Waals surface area contributed by atoms with Crippen LogP contribution in [-0.2, 0) is 9.59 Å². The number of hydrogen-bond acceptors (Lipinski definition) is 2. The van der Waals surface area contributed by atoms with Gasteiger partial charge in [0.15, 0.2) is 0 Å². The third-order valence-electron chi connectivity index (χ3n) is 6.68. The SMILES string of the molecule is CC(=O)N1CCC(C(=O)N2CC[NH+](C(c3ccccc3)c3ccccc3)CC2)CC1. The van der Waals surface area contributed by atoms with Crippen molar-refractivity contribution in [1.82, 2.24) is 9.80 Å². The summed E-state index contributed by atoms with van der Waals surface area (Å²) in [4.78, 5) is 30.0. The van der Waals surface area contributed by atoms with Gasteiger partial charge < -0.3 is 14.7 Å². The first-order chi connectivity index (χ1) is 14.6. The summed E-state index contributed by atoms with van der Waals surface area (Å²) < 4.78 is 0. The second kappa shape index (κ2) is 9.43. The summed E-state index contributed by atoms with van der Waals surface area (Å²) in [6.07, 6.45) is 1.59. The highest BCUT2D eigenvalue weighted by molar-refractivity contribution is 5.79. The van der Waals surface area contributed by atoms with Gasteiger partial charge in [0.25, 0.3) is 0 Å². The lowest BCUT2D eigenvalue weighted by Gasteiger charge is -2.39. The second-order valence-corrected chi connectivity index (χ2v) is 8.52. The van der Waals surface area contributed by atoms with Crippen molar-refractivity contribution in [3.05, 3.63) is 71.8 Å². The molecule has 1 N–H and O–H groups in total. The lowest BCUT2D eigenvalue weighted by atomic mass is 9.94. The number of hydrogen-bond donors (Lipinski definition) is 1. The van der Waals surface area contributed by atoms with Crippen molar-refractivity contribution < 1.29 is 14.5 Å². The molecule has 0 unspecified atom stereocenters. The Hall–Kier alpha value is -2.66. The van der Waals surface area contributed by atoms with Gasteiger partial charge in [-0.1, -0.05) is 60.7 Å². The van der Waals surface area contributed by atoms with Crippen LogP contribution in [0.25, 0.3) is 0 Å². The fourth-order valence-corrected chi connectivity index (χ4v) is 4.96. The third-order valence-corrected chi connectivity index (χ3v) is 6.68. The molecule has 2 aromatic rings. The van der Waals surface area contributed by atoms with Gasteiger partial charge in [-0.05, 0) is 12.8 Å². The molecule has 5 nitrogen and oxygen atoms in total. The molecule has 0 aromatic heterocycles. The summed E-state index contributed by atoms with van der Waals surface area (Å²) in [6.45, 7) is 6.54. The fourth-order valence-electron chi connectivity index (χ4n) is 4.96. The van der Waals surface area contributed by atoms with Crippen LogP contribution in [0.5, 0.6) is 0 Å². The summed E-state index contributed by atoms with van der Waals surface area (Å²) in [5.41, 5.74) is 2.66. The summed E-state index contributed by atoms with van der Waals surface area (Å²) in [7, 11) is 0. The van der Waals surface area contributed by atoms with Gasteiger partial charge in [-0.25, -0.2) is 0 Å². The first kappa shape index (κ1) is 20.6. The molecule has 30 heavy (non-hydrogen) atoms. The Labute approximate surface area is 179 Å². The molecule has 0 atom stereocenters. The third kappa shape index (κ3) is 4.57. The monoisotopic (exact) mass is 406 g/mol. The van der Waals surface area contributed by atoms with Crippen LogP contribution < -0.4 is 4.90 Å². The first-order valence-corrected chi connectivity index (χ1v) is 11.1. The van der Waals surface area contributed by atoms with Gasteiger partial charge >= 0.3 is 0 Å². The van der Waals surface area contributed by atoms with Crippen LogP contribution >= 0.6 is 0 Å². The van der Waals surface area contributed by atoms with Crippen molar-refractivity contribution in [3.63, 3.8) is 0 Å². The van der Waals surface area contributed by atoms with E-state index in [1.165, 1.54) is 16.0 Å². The number of carbonyl (C=O) groups is 2. The molecule has 2 heterocycles. The highest BCUT2D eigenvalue weighted by Gasteiger charge is 2.34. The second-order valence-electron chi connectivity index (χ2n) is 8.52. The van der Waals surface area contributed by atoms with E-state index in [4.69, 9.17) is 0 Å². The zero-order valence-electron chi connectivity index (χ0n) is 17.8. The van der Waals surface area contributed by atoms with Crippen LogP contribution in [0, 0.1) is 5.92 Å². The molecule has 2 aromatic carbocycles. The molecule has 2 saturated heterocycles. The maximum absolute atomic E-state index is 13.1. The molecule has 2 aliphatic rings. The number of rotatable bonds is 4. The smallest absolute Gasteiger partial charge is 0.226 e. The van der Waals surface area contributed by atoms with E-state index in [1.807, 2.05) is 4.90 Å². The van der Waals surface area contributed by atoms with Crippen molar-refractivity contribution in [2.75, 3.05) is 39.3 Å². The molecule has 0 saturated carbocycles. The van der Waals surface area contributed by atoms with Crippen LogP contribution in [0.2, 0.25) is 0 Å². The van der Waals surface area contributed by atoms with Gasteiger partial charge in [-0.2, -0.15) is 0 Å². The average molecular weight is 407 g/mol. The highest BCUT2D eigenvalue weighted by atomic mass is 16.2. The van der Waals surface area contributed by atoms with E-state index in [0.717, 1.165) is 39.0 Å². The van der Waals surface area contributed by atoms with Gasteiger partial charge in [-0.3, -0.25) is 9.59 Å². The first-order valence-electron chi connectivity index (χ1n) is 11.1. The van der Waals surface area contributed by atoms with Crippen LogP contribution in [-0.4, -0.2) is 60.9 Å². The van der Waals surface area contributed by atoms with Gasteiger partial charge in [0, 0.05) is 37.1 Å². The Morgan fingerprint density at radius 3 is 1.77 bits per heavy atom. The van der Waals surface area contributed by atoms with E-state index < -0.39 is 0 Å². The molecule has 2 fully saturated rings. The Morgan fingerprint density at radius 2 is 1.30 bits per heavy atom. The number of piperazine rings is 1. The van der Waals surface area contributed by atoms with E-state index in [2.05, 4.69) is 65.6 Å². The number of benzene rings is 2. The van der Waals surface area contributed by atoms with Gasteiger partial charge in [0.2, 0.25) is 11.8 Å². The van der Waals surface area contributed by atoms with Crippen molar-refractivity contribution in [1.29, 1.82) is 0 Å². The standard InChI is InChI=1S/C25H31N3O2/c1-20(29)26-14-12-23(13-15-26)25(30)28-18-16-27(17-19-28)24(21-8-4-2-5-9-21)22-10-6-3-7-11-22/h2-11,23-24H,12-19H2,1H3/p+1. The zero-order chi connectivity index (χ0) is 20.9. The number of likely N-dealkylation sites (tertiary alicyclic amines) is 1. The van der Waals surface area contributed by atoms with E-state index >= 15 is 0 Å². The lowest BCUT2D eigenvalue weighted by molar-refractivity contribution is -0.929. The van der Waals surface area contributed by atoms with Crippen molar-refractivity contribution in [2.45, 2.75) is 25.8 Å². The molecule has 158 valence electrons. The number of piperidine rings is 1. The zero-order valence-corrected chi connectivity index (χ0v) is 17.8. The number of amides is 2. The summed E-state index contributed by atoms with van der Waals surface area (Å²) in [5.74, 6) is 0.473. The Balaban J connectivity index is 1.40. The average Bonchev–Trinajstić information content (AvgIpc) is 2.81. The molecule has 0 spiro atoms. The maximum atomic E-state index is 13.1. The van der Waals surface area contributed by atoms with Crippen LogP contribution in [0.15, 0.2) is 60.7 Å². The molecule has 0 radical (unpaired) electrons. The predicted octanol–water partition coefficient (Wildman–Crippen LogP) is 1.76. The highest BCUT2D eigenvalue weighted by Crippen LogP contribution is 2.22. The molecule has 2 amide bonds. The van der Waals surface area contributed by atoms with Gasteiger partial charge in [0.1, 0.15) is 6.04 Å². The fraction of sp³-hybridized carbons (Fsp3) is 0.440. The van der Waals surface area contributed by atoms with Crippen molar-refractivity contribution in [3.8, 4) is 0 Å². The minimum absolute atomic E-state index is 0.0705. The topological polar surface area (TPSA) is 45.1 Å². The molecular formula is C25H32N3O2+. The Kier molecular flexibility index (Phi) is 6.48. The Morgan fingerprint density at radius 1 is 0.800 bits per heavy atom. The Bertz CT molecular complexity index is 800. The molecular weight excluding hydrogens is 374 g/mol. The lowest BCUT2D eigenvalue weighted by Crippen LogP contribution is -3.15. The minimum Gasteiger partial charge on any atom is -0.343 e. The van der Waals surface area contributed by atoms with Crippen LogP contribution in [0.4, 0.5) is 0 Å².